The summed E-state index contributed by atoms with van der Waals surface area (Å²) in [6.07, 6.45) is 1.87. The maximum atomic E-state index is 5.78. The van der Waals surface area contributed by atoms with E-state index in [9.17, 15) is 0 Å². The molecule has 0 aliphatic carbocycles. The molecule has 0 nitrogen and oxygen atoms in total. The molecule has 0 bridgehead atoms. The maximum Gasteiger partial charge on any atom is 0.0410 e. The summed E-state index contributed by atoms with van der Waals surface area (Å²) in [6, 6.07) is 0. The van der Waals surface area contributed by atoms with Crippen molar-refractivity contribution in [3.05, 3.63) is 0 Å². The number of hydrogen-bond donors (Lipinski definition) is 0. The molecule has 0 spiro atoms. The summed E-state index contributed by atoms with van der Waals surface area (Å²) in [5.41, 5.74) is 0. The Morgan fingerprint density at radius 2 is 1.43 bits per heavy atom. The van der Waals surface area contributed by atoms with E-state index in [1.54, 1.807) is 0 Å². The third-order valence-electron chi connectivity index (χ3n) is 0.925. The molecule has 0 amide bonds. The highest BCUT2D eigenvalue weighted by Gasteiger charge is 2.13. The lowest BCUT2D eigenvalue weighted by Crippen LogP contribution is -1.80. The number of halogens is 2. The van der Waals surface area contributed by atoms with Crippen molar-refractivity contribution in [1.82, 2.24) is 0 Å². The molecular weight excluding hydrogens is 150 g/mol. The lowest BCUT2D eigenvalue weighted by atomic mass is 11.0. The summed E-state index contributed by atoms with van der Waals surface area (Å²) in [5.74, 6) is -1.46. The van der Waals surface area contributed by atoms with Crippen LogP contribution in [0.15, 0.2) is 0 Å². The van der Waals surface area contributed by atoms with E-state index in [2.05, 4.69) is 0 Å². The number of hydrogen-bond acceptors (Lipinski definition) is 0. The summed E-state index contributed by atoms with van der Waals surface area (Å²) in [5, 5.41) is 0. The molecule has 0 aliphatic heterocycles. The molecule has 0 fully saturated rings. The van der Waals surface area contributed by atoms with E-state index in [0.717, 1.165) is 12.3 Å². The fourth-order valence-corrected chi connectivity index (χ4v) is 0.671. The zero-order valence-electron chi connectivity index (χ0n) is 4.62. The van der Waals surface area contributed by atoms with Crippen LogP contribution < -0.4 is 0 Å². The predicted octanol–water partition coefficient (Wildman–Crippen LogP) is 3.35. The number of rotatable bonds is 2. The van der Waals surface area contributed by atoms with E-state index in [4.69, 9.17) is 22.5 Å². The van der Waals surface area contributed by atoms with Gasteiger partial charge in [-0.1, -0.05) is 36.3 Å². The highest BCUT2D eigenvalue weighted by atomic mass is 35.9. The van der Waals surface area contributed by atoms with Crippen molar-refractivity contribution < 1.29 is 0 Å². The second-order valence-electron chi connectivity index (χ2n) is 1.40. The van der Waals surface area contributed by atoms with E-state index in [1.165, 1.54) is 0 Å². The van der Waals surface area contributed by atoms with Gasteiger partial charge in [-0.3, -0.25) is 0 Å². The molecule has 0 heterocycles. The van der Waals surface area contributed by atoms with Crippen molar-refractivity contribution in [2.24, 2.45) is 0 Å². The summed E-state index contributed by atoms with van der Waals surface area (Å²) in [7, 11) is 0. The van der Waals surface area contributed by atoms with Crippen molar-refractivity contribution in [3.8, 4) is 0 Å². The van der Waals surface area contributed by atoms with Crippen molar-refractivity contribution in [1.29, 1.82) is 0 Å². The molecule has 0 aliphatic rings. The fourth-order valence-electron chi connectivity index (χ4n) is 0.224. The van der Waals surface area contributed by atoms with Crippen molar-refractivity contribution in [2.75, 3.05) is 12.3 Å². The molecule has 0 saturated heterocycles. The minimum atomic E-state index is -1.46. The van der Waals surface area contributed by atoms with Gasteiger partial charge in [0, 0.05) is 5.97 Å². The summed E-state index contributed by atoms with van der Waals surface area (Å²) >= 11 is 11.6. The van der Waals surface area contributed by atoms with Crippen LogP contribution >= 0.6 is 28.4 Å². The van der Waals surface area contributed by atoms with Gasteiger partial charge in [0.2, 0.25) is 0 Å². The van der Waals surface area contributed by atoms with E-state index < -0.39 is 5.97 Å². The molecule has 3 heteroatoms. The first-order valence-corrected chi connectivity index (χ1v) is 6.35. The van der Waals surface area contributed by atoms with Crippen LogP contribution in [0, 0.1) is 0 Å². The van der Waals surface area contributed by atoms with Crippen LogP contribution in [-0.4, -0.2) is 12.3 Å². The van der Waals surface area contributed by atoms with Gasteiger partial charge in [-0.05, 0) is 12.3 Å². The molecule has 7 heavy (non-hydrogen) atoms. The minimum absolute atomic E-state index is 0.937. The van der Waals surface area contributed by atoms with Gasteiger partial charge in [0.25, 0.3) is 0 Å². The quantitative estimate of drug-likeness (QED) is 0.543. The molecule has 0 aromatic carbocycles. The van der Waals surface area contributed by atoms with Gasteiger partial charge < -0.3 is 0 Å². The molecule has 0 unspecified atom stereocenters. The second-order valence-corrected chi connectivity index (χ2v) is 8.60. The molecular formula is C4H10Cl2P. The largest absolute Gasteiger partial charge is 0.0850 e. The van der Waals surface area contributed by atoms with Crippen LogP contribution in [0.1, 0.15) is 13.8 Å². The second kappa shape index (κ2) is 3.12. The van der Waals surface area contributed by atoms with Crippen molar-refractivity contribution in [3.63, 3.8) is 0 Å². The first kappa shape index (κ1) is 8.01. The van der Waals surface area contributed by atoms with Gasteiger partial charge in [0.1, 0.15) is 0 Å². The van der Waals surface area contributed by atoms with Gasteiger partial charge in [-0.2, -0.15) is 0 Å². The van der Waals surface area contributed by atoms with E-state index in [-0.39, 0.29) is 0 Å². The fraction of sp³-hybridized carbons (Fsp3) is 1.00. The van der Waals surface area contributed by atoms with Gasteiger partial charge in [0.15, 0.2) is 0 Å². The van der Waals surface area contributed by atoms with E-state index in [1.807, 2.05) is 13.8 Å². The Balaban J connectivity index is 3.36. The average Bonchev–Trinajstić information content (AvgIpc) is 1.68. The van der Waals surface area contributed by atoms with Crippen LogP contribution in [-0.2, 0) is 0 Å². The van der Waals surface area contributed by atoms with Crippen LogP contribution in [0.25, 0.3) is 0 Å². The lowest BCUT2D eigenvalue weighted by Gasteiger charge is -2.14. The lowest BCUT2D eigenvalue weighted by molar-refractivity contribution is 1.43. The molecule has 0 aromatic heterocycles. The van der Waals surface area contributed by atoms with Crippen LogP contribution in [0.5, 0.6) is 0 Å². The first-order valence-electron chi connectivity index (χ1n) is 2.38. The first-order chi connectivity index (χ1) is 3.12. The van der Waals surface area contributed by atoms with Gasteiger partial charge in [0.05, 0.1) is 0 Å². The minimum Gasteiger partial charge on any atom is -0.0850 e. The SMILES string of the molecule is CC[P](Cl)(Cl)CC. The molecule has 0 atom stereocenters. The highest BCUT2D eigenvalue weighted by molar-refractivity contribution is 8.17. The summed E-state index contributed by atoms with van der Waals surface area (Å²) in [4.78, 5) is 0. The standard InChI is InChI=1S/C4H10Cl2P/c1-3-7(5,6)4-2/h3-4H2,1-2H3. The smallest absolute Gasteiger partial charge is 0.0410 e. The Morgan fingerprint density at radius 1 is 1.14 bits per heavy atom. The van der Waals surface area contributed by atoms with E-state index in [0.29, 0.717) is 0 Å². The van der Waals surface area contributed by atoms with Gasteiger partial charge in [-0.25, -0.2) is 0 Å². The van der Waals surface area contributed by atoms with Crippen LogP contribution in [0.3, 0.4) is 0 Å². The van der Waals surface area contributed by atoms with Crippen LogP contribution in [0.2, 0.25) is 0 Å². The van der Waals surface area contributed by atoms with Gasteiger partial charge >= 0.3 is 0 Å². The Bertz CT molecular complexity index is 47.7. The third kappa shape index (κ3) is 3.58. The summed E-state index contributed by atoms with van der Waals surface area (Å²) in [6.45, 7) is 4.05. The van der Waals surface area contributed by atoms with Gasteiger partial charge in [-0.15, -0.1) is 0 Å². The molecule has 45 valence electrons. The molecule has 0 rings (SSSR count). The normalized spacial score (nSPS) is 12.0. The molecule has 1 radical (unpaired) electrons. The zero-order chi connectivity index (χ0) is 5.91. The third-order valence-corrected chi connectivity index (χ3v) is 5.64. The Labute approximate surface area is 55.1 Å². The average molecular weight is 160 g/mol. The summed E-state index contributed by atoms with van der Waals surface area (Å²) < 4.78 is 0. The Kier molecular flexibility index (Phi) is 3.57. The monoisotopic (exact) mass is 159 g/mol. The Hall–Kier alpha value is 1.01. The molecule has 0 aromatic rings. The molecule has 0 saturated carbocycles. The van der Waals surface area contributed by atoms with Crippen LogP contribution in [0.4, 0.5) is 0 Å². The Morgan fingerprint density at radius 3 is 1.43 bits per heavy atom. The predicted molar refractivity (Wildman–Crippen MR) is 39.7 cm³/mol. The van der Waals surface area contributed by atoms with Crippen molar-refractivity contribution in [2.45, 2.75) is 13.8 Å². The highest BCUT2D eigenvalue weighted by Crippen LogP contribution is 2.68. The molecule has 0 N–H and O–H groups in total. The zero-order valence-corrected chi connectivity index (χ0v) is 7.02. The maximum absolute atomic E-state index is 5.78. The van der Waals surface area contributed by atoms with Crippen molar-refractivity contribution >= 4 is 28.4 Å². The topological polar surface area (TPSA) is 0 Å². The van der Waals surface area contributed by atoms with E-state index >= 15 is 0 Å².